The van der Waals surface area contributed by atoms with Gasteiger partial charge in [-0.1, -0.05) is 6.07 Å². The van der Waals surface area contributed by atoms with Crippen LogP contribution in [0.5, 0.6) is 0 Å². The summed E-state index contributed by atoms with van der Waals surface area (Å²) in [4.78, 5) is 45.2. The summed E-state index contributed by atoms with van der Waals surface area (Å²) in [6, 6.07) is 5.98. The number of hydrogen-bond donors (Lipinski definition) is 4. The lowest BCUT2D eigenvalue weighted by atomic mass is 10.1. The summed E-state index contributed by atoms with van der Waals surface area (Å²) in [6.07, 6.45) is -1.07. The quantitative estimate of drug-likeness (QED) is 0.161. The SMILES string of the molecule is NCCc1ccc(CO[C@@H]2C[C@H](n3ccc(N)nc3=O)O[C@@H]2COP(=O)(O)O[PH](=O)O)c([N+](=O)[O-])c1. The summed E-state index contributed by atoms with van der Waals surface area (Å²) in [5.41, 5.74) is 11.1. The van der Waals surface area contributed by atoms with Crippen LogP contribution in [0, 0.1) is 10.1 Å². The second-order valence-corrected chi connectivity index (χ2v) is 10.1. The number of phosphoric acid groups is 1. The van der Waals surface area contributed by atoms with Crippen LogP contribution in [0.2, 0.25) is 0 Å². The Labute approximate surface area is 204 Å². The molecule has 0 saturated carbocycles. The number of nitrogen functional groups attached to an aromatic ring is 1. The molecular weight excluding hydrogens is 524 g/mol. The van der Waals surface area contributed by atoms with E-state index < -0.39 is 51.7 Å². The van der Waals surface area contributed by atoms with Gasteiger partial charge in [-0.3, -0.25) is 23.8 Å². The summed E-state index contributed by atoms with van der Waals surface area (Å²) in [5, 5.41) is 11.5. The van der Waals surface area contributed by atoms with Crippen molar-refractivity contribution in [3.8, 4) is 0 Å². The Hall–Kier alpha value is -2.52. The molecule has 36 heavy (non-hydrogen) atoms. The third-order valence-corrected chi connectivity index (χ3v) is 7.19. The van der Waals surface area contributed by atoms with E-state index in [4.69, 9.17) is 30.4 Å². The Morgan fingerprint density at radius 1 is 1.39 bits per heavy atom. The van der Waals surface area contributed by atoms with E-state index in [1.54, 1.807) is 6.07 Å². The zero-order valence-electron chi connectivity index (χ0n) is 18.7. The van der Waals surface area contributed by atoms with Crippen molar-refractivity contribution >= 4 is 27.6 Å². The van der Waals surface area contributed by atoms with Crippen LogP contribution in [-0.2, 0) is 40.5 Å². The van der Waals surface area contributed by atoms with E-state index in [0.29, 0.717) is 18.5 Å². The fraction of sp³-hybridized carbons (Fsp3) is 0.444. The lowest BCUT2D eigenvalue weighted by Crippen LogP contribution is -2.29. The summed E-state index contributed by atoms with van der Waals surface area (Å²) < 4.78 is 44.1. The van der Waals surface area contributed by atoms with E-state index in [-0.39, 0.29) is 30.1 Å². The molecule has 1 aromatic carbocycles. The van der Waals surface area contributed by atoms with Crippen LogP contribution >= 0.6 is 16.1 Å². The fourth-order valence-electron chi connectivity index (χ4n) is 3.55. The van der Waals surface area contributed by atoms with Crippen molar-refractivity contribution in [1.29, 1.82) is 0 Å². The van der Waals surface area contributed by atoms with Gasteiger partial charge in [0.1, 0.15) is 18.1 Å². The number of anilines is 1. The number of aromatic nitrogens is 2. The molecule has 1 aliphatic heterocycles. The van der Waals surface area contributed by atoms with Crippen LogP contribution < -0.4 is 17.2 Å². The molecule has 2 heterocycles. The number of nitro benzene ring substituents is 1. The van der Waals surface area contributed by atoms with Gasteiger partial charge < -0.3 is 30.7 Å². The third-order valence-electron chi connectivity index (χ3n) is 5.17. The second-order valence-electron chi connectivity index (χ2n) is 7.64. The van der Waals surface area contributed by atoms with Gasteiger partial charge in [0.2, 0.25) is 0 Å². The molecule has 18 heteroatoms. The lowest BCUT2D eigenvalue weighted by Gasteiger charge is -2.20. The van der Waals surface area contributed by atoms with Gasteiger partial charge in [-0.15, -0.1) is 0 Å². The van der Waals surface area contributed by atoms with E-state index in [2.05, 4.69) is 9.29 Å². The Morgan fingerprint density at radius 2 is 2.14 bits per heavy atom. The minimum atomic E-state index is -4.90. The molecule has 6 N–H and O–H groups in total. The summed E-state index contributed by atoms with van der Waals surface area (Å²) in [7, 11) is -8.67. The number of benzene rings is 1. The molecular formula is C18H25N5O11P2. The second kappa shape index (κ2) is 12.1. The van der Waals surface area contributed by atoms with Crippen molar-refractivity contribution in [3.63, 3.8) is 0 Å². The van der Waals surface area contributed by atoms with Crippen molar-refractivity contribution in [2.24, 2.45) is 5.73 Å². The molecule has 1 fully saturated rings. The molecule has 1 aliphatic rings. The van der Waals surface area contributed by atoms with Crippen molar-refractivity contribution in [2.45, 2.75) is 37.9 Å². The zero-order chi connectivity index (χ0) is 26.5. The highest BCUT2D eigenvalue weighted by molar-refractivity contribution is 7.55. The Kier molecular flexibility index (Phi) is 9.47. The zero-order valence-corrected chi connectivity index (χ0v) is 20.6. The summed E-state index contributed by atoms with van der Waals surface area (Å²) in [5.74, 6) is -0.00934. The number of hydrogen-bond acceptors (Lipinski definition) is 12. The standard InChI is InChI=1S/C18H25N5O11P2/c19-5-3-11-1-2-12(13(7-11)23(25)26)9-31-14-8-17(22-6-4-16(20)21-18(22)24)33-15(14)10-32-36(29,30)34-35(27)28/h1-2,4,6-7,14-15,17,35H,3,5,8-10,19H2,(H,27,28)(H,29,30)(H2,20,21,24)/t14-,15-,17-/m1/s1. The van der Waals surface area contributed by atoms with Gasteiger partial charge in [-0.25, -0.2) is 13.7 Å². The maximum Gasteiger partial charge on any atom is 0.479 e. The van der Waals surface area contributed by atoms with Crippen LogP contribution in [0.3, 0.4) is 0 Å². The molecule has 16 nitrogen and oxygen atoms in total. The highest BCUT2D eigenvalue weighted by Crippen LogP contribution is 2.51. The van der Waals surface area contributed by atoms with Gasteiger partial charge in [0.05, 0.1) is 29.8 Å². The van der Waals surface area contributed by atoms with Gasteiger partial charge >= 0.3 is 21.8 Å². The maximum absolute atomic E-state index is 12.2. The van der Waals surface area contributed by atoms with Crippen LogP contribution in [-0.4, -0.2) is 49.6 Å². The van der Waals surface area contributed by atoms with Gasteiger partial charge in [-0.05, 0) is 30.7 Å². The van der Waals surface area contributed by atoms with E-state index in [0.717, 1.165) is 4.57 Å². The number of phosphoric ester groups is 1. The van der Waals surface area contributed by atoms with E-state index in [1.807, 2.05) is 0 Å². The molecule has 2 aromatic rings. The molecule has 2 unspecified atom stereocenters. The average Bonchev–Trinajstić information content (AvgIpc) is 3.19. The summed E-state index contributed by atoms with van der Waals surface area (Å²) in [6.45, 7) is -0.541. The molecule has 0 spiro atoms. The van der Waals surface area contributed by atoms with E-state index >= 15 is 0 Å². The average molecular weight is 549 g/mol. The van der Waals surface area contributed by atoms with Gasteiger partial charge in [-0.2, -0.15) is 4.98 Å². The Morgan fingerprint density at radius 3 is 2.78 bits per heavy atom. The van der Waals surface area contributed by atoms with E-state index in [9.17, 15) is 28.9 Å². The van der Waals surface area contributed by atoms with E-state index in [1.165, 1.54) is 24.4 Å². The van der Waals surface area contributed by atoms with Crippen molar-refractivity contribution in [1.82, 2.24) is 9.55 Å². The normalized spacial score (nSPS) is 22.2. The molecule has 0 aliphatic carbocycles. The van der Waals surface area contributed by atoms with Crippen LogP contribution in [0.25, 0.3) is 0 Å². The summed E-state index contributed by atoms with van der Waals surface area (Å²) >= 11 is 0. The van der Waals surface area contributed by atoms with Crippen molar-refractivity contribution in [3.05, 3.63) is 62.2 Å². The first-order valence-electron chi connectivity index (χ1n) is 10.5. The minimum absolute atomic E-state index is 0.00934. The van der Waals surface area contributed by atoms with Gasteiger partial charge in [0.15, 0.2) is 0 Å². The first kappa shape index (κ1) is 28.1. The third kappa shape index (κ3) is 7.49. The first-order valence-corrected chi connectivity index (χ1v) is 13.2. The van der Waals surface area contributed by atoms with Crippen LogP contribution in [0.1, 0.15) is 23.8 Å². The smallest absolute Gasteiger partial charge is 0.383 e. The number of nitrogens with two attached hydrogens (primary N) is 2. The largest absolute Gasteiger partial charge is 0.479 e. The highest BCUT2D eigenvalue weighted by Gasteiger charge is 2.40. The maximum atomic E-state index is 12.2. The molecule has 0 radical (unpaired) electrons. The van der Waals surface area contributed by atoms with Crippen LogP contribution in [0.15, 0.2) is 35.3 Å². The number of nitro groups is 1. The predicted octanol–water partition coefficient (Wildman–Crippen LogP) is 0.623. The molecule has 1 aromatic heterocycles. The minimum Gasteiger partial charge on any atom is -0.383 e. The highest BCUT2D eigenvalue weighted by atomic mass is 31.2. The fourth-order valence-corrected chi connectivity index (χ4v) is 4.89. The Bertz CT molecular complexity index is 1230. The Balaban J connectivity index is 1.80. The topological polar surface area (TPSA) is 242 Å². The molecule has 3 rings (SSSR count). The lowest BCUT2D eigenvalue weighted by molar-refractivity contribution is -0.386. The monoisotopic (exact) mass is 549 g/mol. The van der Waals surface area contributed by atoms with Crippen LogP contribution in [0.4, 0.5) is 11.5 Å². The number of rotatable bonds is 12. The van der Waals surface area contributed by atoms with Crippen molar-refractivity contribution in [2.75, 3.05) is 18.9 Å². The van der Waals surface area contributed by atoms with Crippen molar-refractivity contribution < 1.29 is 42.1 Å². The molecule has 0 amide bonds. The molecule has 1 saturated heterocycles. The van der Waals surface area contributed by atoms with Gasteiger partial charge in [0.25, 0.3) is 5.69 Å². The molecule has 0 bridgehead atoms. The first-order chi connectivity index (χ1) is 17.0. The van der Waals surface area contributed by atoms with Gasteiger partial charge in [0, 0.05) is 18.7 Å². The molecule has 5 atom stereocenters. The molecule has 198 valence electrons. The predicted molar refractivity (Wildman–Crippen MR) is 124 cm³/mol. The number of ether oxygens (including phenoxy) is 2. The number of nitrogens with zero attached hydrogens (tertiary/aromatic N) is 3.